The smallest absolute Gasteiger partial charge is 0.159 e. The van der Waals surface area contributed by atoms with Crippen LogP contribution in [0.2, 0.25) is 0 Å². The van der Waals surface area contributed by atoms with Crippen molar-refractivity contribution in [3.8, 4) is 0 Å². The topological polar surface area (TPSA) is 55.2 Å². The predicted octanol–water partition coefficient (Wildman–Crippen LogP) is 1.72. The minimum absolute atomic E-state index is 0.498. The standard InChI is InChI=1S/C11H18N2O2/c1-7-9(8(2)14)6-12-10(13-7)11(3,4)15-5/h6,8,14H,1-5H3/t8-/m1/s1. The fourth-order valence-electron chi connectivity index (χ4n) is 1.27. The molecule has 0 aliphatic heterocycles. The van der Waals surface area contributed by atoms with E-state index in [0.29, 0.717) is 5.82 Å². The maximum absolute atomic E-state index is 9.44. The van der Waals surface area contributed by atoms with Crippen LogP contribution in [0.15, 0.2) is 6.20 Å². The molecule has 0 aromatic carbocycles. The average molecular weight is 210 g/mol. The normalized spacial score (nSPS) is 14.0. The number of methoxy groups -OCH3 is 1. The summed E-state index contributed by atoms with van der Waals surface area (Å²) >= 11 is 0. The average Bonchev–Trinajstić information content (AvgIpc) is 2.17. The number of aliphatic hydroxyl groups excluding tert-OH is 1. The molecule has 0 amide bonds. The molecule has 15 heavy (non-hydrogen) atoms. The fraction of sp³-hybridized carbons (Fsp3) is 0.636. The van der Waals surface area contributed by atoms with E-state index < -0.39 is 11.7 Å². The van der Waals surface area contributed by atoms with E-state index in [4.69, 9.17) is 4.74 Å². The van der Waals surface area contributed by atoms with Gasteiger partial charge in [-0.1, -0.05) is 0 Å². The number of rotatable bonds is 3. The predicted molar refractivity (Wildman–Crippen MR) is 57.4 cm³/mol. The van der Waals surface area contributed by atoms with Gasteiger partial charge in [-0.25, -0.2) is 9.97 Å². The van der Waals surface area contributed by atoms with Crippen molar-refractivity contribution in [3.63, 3.8) is 0 Å². The molecule has 0 saturated heterocycles. The Bertz CT molecular complexity index is 348. The van der Waals surface area contributed by atoms with Crippen molar-refractivity contribution in [3.05, 3.63) is 23.3 Å². The van der Waals surface area contributed by atoms with Crippen LogP contribution in [0.25, 0.3) is 0 Å². The first-order valence-electron chi connectivity index (χ1n) is 4.95. The number of hydrogen-bond acceptors (Lipinski definition) is 4. The highest BCUT2D eigenvalue weighted by Gasteiger charge is 2.23. The van der Waals surface area contributed by atoms with Gasteiger partial charge in [0.1, 0.15) is 5.60 Å². The largest absolute Gasteiger partial charge is 0.389 e. The monoisotopic (exact) mass is 210 g/mol. The van der Waals surface area contributed by atoms with Crippen LogP contribution in [-0.4, -0.2) is 22.2 Å². The van der Waals surface area contributed by atoms with Crippen LogP contribution in [0.3, 0.4) is 0 Å². The lowest BCUT2D eigenvalue weighted by Gasteiger charge is -2.22. The summed E-state index contributed by atoms with van der Waals surface area (Å²) in [7, 11) is 1.63. The van der Waals surface area contributed by atoms with Gasteiger partial charge in [-0.15, -0.1) is 0 Å². The van der Waals surface area contributed by atoms with Crippen molar-refractivity contribution in [2.75, 3.05) is 7.11 Å². The molecule has 0 aliphatic rings. The summed E-state index contributed by atoms with van der Waals surface area (Å²) in [6.07, 6.45) is 1.12. The highest BCUT2D eigenvalue weighted by molar-refractivity contribution is 5.19. The van der Waals surface area contributed by atoms with Crippen molar-refractivity contribution in [1.82, 2.24) is 9.97 Å². The van der Waals surface area contributed by atoms with Crippen LogP contribution in [0, 0.1) is 6.92 Å². The van der Waals surface area contributed by atoms with Crippen molar-refractivity contribution in [1.29, 1.82) is 0 Å². The first kappa shape index (κ1) is 12.1. The minimum Gasteiger partial charge on any atom is -0.389 e. The highest BCUT2D eigenvalue weighted by Crippen LogP contribution is 2.22. The Balaban J connectivity index is 3.12. The summed E-state index contributed by atoms with van der Waals surface area (Å²) in [5, 5.41) is 9.44. The molecule has 1 N–H and O–H groups in total. The fourth-order valence-corrected chi connectivity index (χ4v) is 1.27. The lowest BCUT2D eigenvalue weighted by atomic mass is 10.1. The van der Waals surface area contributed by atoms with Crippen LogP contribution in [0.5, 0.6) is 0 Å². The number of aryl methyl sites for hydroxylation is 1. The van der Waals surface area contributed by atoms with E-state index in [-0.39, 0.29) is 0 Å². The molecular formula is C11H18N2O2. The van der Waals surface area contributed by atoms with Crippen LogP contribution in [0.1, 0.15) is 44.0 Å². The molecule has 0 aliphatic carbocycles. The molecule has 4 heteroatoms. The molecule has 84 valence electrons. The quantitative estimate of drug-likeness (QED) is 0.825. The molecule has 1 aromatic heterocycles. The summed E-state index contributed by atoms with van der Waals surface area (Å²) in [4.78, 5) is 8.55. The molecule has 0 spiro atoms. The maximum Gasteiger partial charge on any atom is 0.159 e. The Morgan fingerprint density at radius 2 is 2.07 bits per heavy atom. The van der Waals surface area contributed by atoms with Gasteiger partial charge in [0.05, 0.1) is 6.10 Å². The number of hydrogen-bond donors (Lipinski definition) is 1. The molecular weight excluding hydrogens is 192 g/mol. The Hall–Kier alpha value is -1.00. The van der Waals surface area contributed by atoms with Gasteiger partial charge in [-0.05, 0) is 27.7 Å². The van der Waals surface area contributed by atoms with Crippen LogP contribution in [-0.2, 0) is 10.3 Å². The molecule has 0 unspecified atom stereocenters. The van der Waals surface area contributed by atoms with Crippen molar-refractivity contribution >= 4 is 0 Å². The van der Waals surface area contributed by atoms with E-state index in [9.17, 15) is 5.11 Å². The summed E-state index contributed by atoms with van der Waals surface area (Å²) in [6.45, 7) is 7.37. The third kappa shape index (κ3) is 2.52. The van der Waals surface area contributed by atoms with Crippen molar-refractivity contribution < 1.29 is 9.84 Å². The Morgan fingerprint density at radius 1 is 1.47 bits per heavy atom. The number of nitrogens with zero attached hydrogens (tertiary/aromatic N) is 2. The zero-order valence-electron chi connectivity index (χ0n) is 9.90. The summed E-state index contributed by atoms with van der Waals surface area (Å²) < 4.78 is 5.29. The zero-order chi connectivity index (χ0) is 11.6. The van der Waals surface area contributed by atoms with Gasteiger partial charge in [-0.2, -0.15) is 0 Å². The molecule has 4 nitrogen and oxygen atoms in total. The van der Waals surface area contributed by atoms with Crippen molar-refractivity contribution in [2.45, 2.75) is 39.4 Å². The Labute approximate surface area is 90.3 Å². The van der Waals surface area contributed by atoms with E-state index in [2.05, 4.69) is 9.97 Å². The second-order valence-electron chi connectivity index (χ2n) is 4.12. The molecule has 0 fully saturated rings. The Morgan fingerprint density at radius 3 is 2.47 bits per heavy atom. The molecule has 1 aromatic rings. The molecule has 1 rings (SSSR count). The number of aliphatic hydroxyl groups is 1. The first-order chi connectivity index (χ1) is 6.88. The zero-order valence-corrected chi connectivity index (χ0v) is 9.90. The van der Waals surface area contributed by atoms with E-state index >= 15 is 0 Å². The second kappa shape index (κ2) is 4.24. The van der Waals surface area contributed by atoms with Crippen LogP contribution in [0.4, 0.5) is 0 Å². The summed E-state index contributed by atoms with van der Waals surface area (Å²) in [6, 6.07) is 0. The van der Waals surface area contributed by atoms with Crippen LogP contribution >= 0.6 is 0 Å². The Kier molecular flexibility index (Phi) is 3.42. The SMILES string of the molecule is COC(C)(C)c1ncc([C@@H](C)O)c(C)n1. The summed E-state index contributed by atoms with van der Waals surface area (Å²) in [5.74, 6) is 0.631. The van der Waals surface area contributed by atoms with Gasteiger partial charge in [0.15, 0.2) is 5.82 Å². The van der Waals surface area contributed by atoms with Gasteiger partial charge in [0.25, 0.3) is 0 Å². The van der Waals surface area contributed by atoms with Gasteiger partial charge >= 0.3 is 0 Å². The highest BCUT2D eigenvalue weighted by atomic mass is 16.5. The minimum atomic E-state index is -0.537. The lowest BCUT2D eigenvalue weighted by Crippen LogP contribution is -2.23. The molecule has 0 bridgehead atoms. The molecule has 1 atom stereocenters. The van der Waals surface area contributed by atoms with Crippen LogP contribution < -0.4 is 0 Å². The van der Waals surface area contributed by atoms with Gasteiger partial charge < -0.3 is 9.84 Å². The van der Waals surface area contributed by atoms with E-state index in [1.54, 1.807) is 20.2 Å². The second-order valence-corrected chi connectivity index (χ2v) is 4.12. The van der Waals surface area contributed by atoms with Gasteiger partial charge in [-0.3, -0.25) is 0 Å². The van der Waals surface area contributed by atoms with E-state index in [1.807, 2.05) is 20.8 Å². The van der Waals surface area contributed by atoms with Crippen molar-refractivity contribution in [2.24, 2.45) is 0 Å². The molecule has 1 heterocycles. The first-order valence-corrected chi connectivity index (χ1v) is 4.95. The third-order valence-corrected chi connectivity index (χ3v) is 2.52. The molecule has 0 saturated carbocycles. The number of aromatic nitrogens is 2. The summed E-state index contributed by atoms with van der Waals surface area (Å²) in [5.41, 5.74) is 1.05. The third-order valence-electron chi connectivity index (χ3n) is 2.52. The lowest BCUT2D eigenvalue weighted by molar-refractivity contribution is 0.0111. The van der Waals surface area contributed by atoms with E-state index in [1.165, 1.54) is 0 Å². The van der Waals surface area contributed by atoms with Gasteiger partial charge in [0, 0.05) is 24.6 Å². The maximum atomic E-state index is 9.44. The van der Waals surface area contributed by atoms with E-state index in [0.717, 1.165) is 11.3 Å². The number of ether oxygens (including phenoxy) is 1. The van der Waals surface area contributed by atoms with Gasteiger partial charge in [0.2, 0.25) is 0 Å². The molecule has 0 radical (unpaired) electrons.